The monoisotopic (exact) mass is 585 g/mol. The van der Waals surface area contributed by atoms with E-state index < -0.39 is 62.0 Å². The molecular formula is C25H33FN3O10P. The number of ether oxygens (including phenoxy) is 3. The maximum Gasteiger partial charge on any atom is 0.330 e. The molecule has 1 aromatic heterocycles. The first-order chi connectivity index (χ1) is 19.1. The van der Waals surface area contributed by atoms with Crippen LogP contribution in [0.2, 0.25) is 0 Å². The standard InChI is InChI=1S/C25H33FN3O10P/c1-16(28-39-17-9-5-3-6-10-17)22(32)35-14-8-4-7-11-20(31)38-21-18(15-36-40-34)37-23(25(21,2)26)29-13-12-19(30)27-24(29)33/h3,5-6,9-10,12-13,16,18,21,23,28H,4,7-8,11,14-15,40H2,1-2H3,(H,27,30,33)/t16-,18+,21+,23+,25+/m0/s1. The lowest BCUT2D eigenvalue weighted by Crippen LogP contribution is -2.46. The van der Waals surface area contributed by atoms with Gasteiger partial charge in [-0.05, 0) is 45.2 Å². The van der Waals surface area contributed by atoms with Gasteiger partial charge in [0, 0.05) is 18.7 Å². The van der Waals surface area contributed by atoms with Crippen molar-refractivity contribution in [3.05, 3.63) is 63.4 Å². The van der Waals surface area contributed by atoms with E-state index in [2.05, 4.69) is 5.48 Å². The van der Waals surface area contributed by atoms with Gasteiger partial charge in [-0.15, -0.1) is 5.48 Å². The van der Waals surface area contributed by atoms with Gasteiger partial charge >= 0.3 is 17.6 Å². The quantitative estimate of drug-likeness (QED) is 0.136. The highest BCUT2D eigenvalue weighted by atomic mass is 31.1. The second-order valence-electron chi connectivity index (χ2n) is 9.27. The molecule has 1 fully saturated rings. The van der Waals surface area contributed by atoms with E-state index in [0.717, 1.165) is 23.8 Å². The molecule has 0 radical (unpaired) electrons. The molecule has 1 aliphatic rings. The van der Waals surface area contributed by atoms with Gasteiger partial charge in [0.2, 0.25) is 0 Å². The summed E-state index contributed by atoms with van der Waals surface area (Å²) < 4.78 is 48.7. The molecule has 15 heteroatoms. The van der Waals surface area contributed by atoms with Crippen molar-refractivity contribution in [2.75, 3.05) is 13.2 Å². The Hall–Kier alpha value is -3.32. The number of hydroxylamine groups is 1. The predicted molar refractivity (Wildman–Crippen MR) is 140 cm³/mol. The SMILES string of the molecule is C[C@H](NOc1ccccc1)C(=O)OCCCCCC(=O)O[C@@H]1[C@@H](CO[PH2]=O)O[C@@H](n2ccc(=O)[nH]c2=O)[C@]1(C)F. The van der Waals surface area contributed by atoms with E-state index in [4.69, 9.17) is 23.6 Å². The summed E-state index contributed by atoms with van der Waals surface area (Å²) in [6.07, 6.45) is -1.73. The lowest BCUT2D eigenvalue weighted by Gasteiger charge is -2.27. The van der Waals surface area contributed by atoms with Crippen molar-refractivity contribution in [1.82, 2.24) is 15.0 Å². The summed E-state index contributed by atoms with van der Waals surface area (Å²) in [5, 5.41) is 0. The Bertz CT molecular complexity index is 1260. The van der Waals surface area contributed by atoms with Gasteiger partial charge in [-0.1, -0.05) is 18.2 Å². The van der Waals surface area contributed by atoms with Crippen molar-refractivity contribution in [3.8, 4) is 5.75 Å². The Morgan fingerprint density at radius 1 is 1.20 bits per heavy atom. The molecular weight excluding hydrogens is 552 g/mol. The minimum atomic E-state index is -2.38. The second kappa shape index (κ2) is 14.9. The van der Waals surface area contributed by atoms with Gasteiger partial charge in [-0.2, -0.15) is 0 Å². The van der Waals surface area contributed by atoms with Gasteiger partial charge in [0.05, 0.1) is 13.2 Å². The zero-order valence-corrected chi connectivity index (χ0v) is 23.2. The van der Waals surface area contributed by atoms with E-state index in [1.54, 1.807) is 31.2 Å². The zero-order valence-electron chi connectivity index (χ0n) is 22.1. The van der Waals surface area contributed by atoms with Crippen LogP contribution in [0.5, 0.6) is 5.75 Å². The lowest BCUT2D eigenvalue weighted by molar-refractivity contribution is -0.158. The van der Waals surface area contributed by atoms with E-state index in [0.29, 0.717) is 25.0 Å². The average Bonchev–Trinajstić information content (AvgIpc) is 3.17. The molecule has 3 rings (SSSR count). The number of para-hydroxylation sites is 1. The minimum Gasteiger partial charge on any atom is -0.464 e. The van der Waals surface area contributed by atoms with Crippen LogP contribution < -0.4 is 21.6 Å². The molecule has 0 saturated carbocycles. The molecule has 2 heterocycles. The van der Waals surface area contributed by atoms with Crippen molar-refractivity contribution < 1.29 is 42.1 Å². The average molecular weight is 586 g/mol. The molecule has 1 saturated heterocycles. The summed E-state index contributed by atoms with van der Waals surface area (Å²) in [5.74, 6) is -0.653. The number of aromatic nitrogens is 2. The van der Waals surface area contributed by atoms with Crippen molar-refractivity contribution in [1.29, 1.82) is 0 Å². The Morgan fingerprint density at radius 3 is 2.65 bits per heavy atom. The summed E-state index contributed by atoms with van der Waals surface area (Å²) >= 11 is 0. The summed E-state index contributed by atoms with van der Waals surface area (Å²) in [7, 11) is -1.63. The summed E-state index contributed by atoms with van der Waals surface area (Å²) in [5.41, 5.74) is -1.35. The van der Waals surface area contributed by atoms with Crippen LogP contribution in [0, 0.1) is 0 Å². The van der Waals surface area contributed by atoms with Gasteiger partial charge in [0.15, 0.2) is 26.7 Å². The van der Waals surface area contributed by atoms with Crippen LogP contribution >= 0.6 is 8.69 Å². The first kappa shape index (κ1) is 31.2. The molecule has 0 amide bonds. The van der Waals surface area contributed by atoms with Gasteiger partial charge in [0.1, 0.15) is 17.9 Å². The first-order valence-electron chi connectivity index (χ1n) is 12.7. The fraction of sp³-hybridized carbons (Fsp3) is 0.520. The van der Waals surface area contributed by atoms with E-state index in [1.807, 2.05) is 11.1 Å². The van der Waals surface area contributed by atoms with Crippen LogP contribution in [-0.2, 0) is 32.9 Å². The molecule has 40 heavy (non-hydrogen) atoms. The van der Waals surface area contributed by atoms with Gasteiger partial charge < -0.3 is 23.6 Å². The van der Waals surface area contributed by atoms with Gasteiger partial charge in [-0.25, -0.2) is 9.18 Å². The van der Waals surface area contributed by atoms with E-state index in [9.17, 15) is 23.7 Å². The number of hydrogen-bond donors (Lipinski definition) is 2. The largest absolute Gasteiger partial charge is 0.464 e. The molecule has 1 aliphatic heterocycles. The van der Waals surface area contributed by atoms with Crippen LogP contribution in [0.1, 0.15) is 45.8 Å². The highest BCUT2D eigenvalue weighted by molar-refractivity contribution is 7.17. The molecule has 220 valence electrons. The van der Waals surface area contributed by atoms with E-state index in [-0.39, 0.29) is 19.6 Å². The topological polar surface area (TPSA) is 164 Å². The maximum absolute atomic E-state index is 15.9. The Balaban J connectivity index is 1.43. The first-order valence-corrected chi connectivity index (χ1v) is 13.6. The second-order valence-corrected chi connectivity index (χ2v) is 9.79. The Morgan fingerprint density at radius 2 is 1.95 bits per heavy atom. The van der Waals surface area contributed by atoms with Crippen LogP contribution in [0.15, 0.2) is 52.2 Å². The highest BCUT2D eigenvalue weighted by Crippen LogP contribution is 2.42. The fourth-order valence-corrected chi connectivity index (χ4v) is 4.28. The number of aromatic amines is 1. The number of rotatable bonds is 15. The Kier molecular flexibility index (Phi) is 11.6. The number of halogens is 1. The van der Waals surface area contributed by atoms with Crippen LogP contribution in [0.25, 0.3) is 0 Å². The molecule has 13 nitrogen and oxygen atoms in total. The fourth-order valence-electron chi connectivity index (χ4n) is 4.01. The molecule has 0 bridgehead atoms. The van der Waals surface area contributed by atoms with E-state index in [1.165, 1.54) is 0 Å². The molecule has 0 spiro atoms. The highest BCUT2D eigenvalue weighted by Gasteiger charge is 2.58. The number of alkyl halides is 1. The number of benzene rings is 1. The molecule has 6 atom stereocenters. The third-order valence-electron chi connectivity index (χ3n) is 6.09. The number of hydrogen-bond acceptors (Lipinski definition) is 11. The molecule has 2 aromatic rings. The number of carbonyl (C=O) groups is 2. The third kappa shape index (κ3) is 8.59. The zero-order chi connectivity index (χ0) is 29.1. The van der Waals surface area contributed by atoms with Crippen LogP contribution in [0.3, 0.4) is 0 Å². The molecule has 2 N–H and O–H groups in total. The maximum atomic E-state index is 15.9. The number of nitrogens with one attached hydrogen (secondary N) is 2. The molecule has 1 aromatic carbocycles. The van der Waals surface area contributed by atoms with Crippen molar-refractivity contribution in [3.63, 3.8) is 0 Å². The number of esters is 2. The van der Waals surface area contributed by atoms with Crippen molar-refractivity contribution >= 4 is 20.6 Å². The molecule has 1 unspecified atom stereocenters. The number of carbonyl (C=O) groups excluding carboxylic acids is 2. The summed E-state index contributed by atoms with van der Waals surface area (Å²) in [4.78, 5) is 55.5. The Labute approximate surface area is 230 Å². The predicted octanol–water partition coefficient (Wildman–Crippen LogP) is 1.84. The summed E-state index contributed by atoms with van der Waals surface area (Å²) in [6, 6.07) is 9.23. The molecule has 0 aliphatic carbocycles. The van der Waals surface area contributed by atoms with Crippen molar-refractivity contribution in [2.24, 2.45) is 0 Å². The number of H-pyrrole nitrogens is 1. The van der Waals surface area contributed by atoms with Gasteiger partial charge in [0.25, 0.3) is 5.56 Å². The van der Waals surface area contributed by atoms with Gasteiger partial charge in [-0.3, -0.25) is 28.5 Å². The lowest BCUT2D eigenvalue weighted by atomic mass is 9.98. The van der Waals surface area contributed by atoms with Crippen LogP contribution in [0.4, 0.5) is 4.39 Å². The van der Waals surface area contributed by atoms with Crippen LogP contribution in [-0.4, -0.2) is 58.6 Å². The normalized spacial score (nSPS) is 23.2. The van der Waals surface area contributed by atoms with E-state index >= 15 is 4.39 Å². The number of nitrogens with zero attached hydrogens (tertiary/aromatic N) is 1. The number of unbranched alkanes of at least 4 members (excludes halogenated alkanes) is 2. The minimum absolute atomic E-state index is 0.0486. The smallest absolute Gasteiger partial charge is 0.330 e. The van der Waals surface area contributed by atoms with Crippen molar-refractivity contribution in [2.45, 2.75) is 69.7 Å². The summed E-state index contributed by atoms with van der Waals surface area (Å²) in [6.45, 7) is 2.50. The third-order valence-corrected chi connectivity index (χ3v) is 6.42.